The molecule has 2 aromatic rings. The minimum atomic E-state index is -4.70. The number of nitriles is 1. The van der Waals surface area contributed by atoms with Crippen molar-refractivity contribution in [3.63, 3.8) is 0 Å². The molecule has 2 amide bonds. The van der Waals surface area contributed by atoms with E-state index >= 15 is 0 Å². The molecule has 1 aliphatic heterocycles. The van der Waals surface area contributed by atoms with Crippen LogP contribution in [0.1, 0.15) is 21.5 Å². The predicted octanol–water partition coefficient (Wildman–Crippen LogP) is 2.67. The van der Waals surface area contributed by atoms with Crippen LogP contribution in [0.2, 0.25) is 0 Å². The van der Waals surface area contributed by atoms with Crippen molar-refractivity contribution in [3.05, 3.63) is 53.1 Å². The Morgan fingerprint density at radius 1 is 1.12 bits per heavy atom. The SMILES string of the molecule is CNC(=O)C1CN(c2ccc(C#N)c(C(F)(F)F)c2)CCN1C(=O)c1ccc(OC)cc1OC. The number of likely N-dealkylation sites (N-methyl/N-ethyl adjacent to an activating group) is 1. The maximum absolute atomic E-state index is 13.4. The summed E-state index contributed by atoms with van der Waals surface area (Å²) in [6, 6.07) is 8.65. The van der Waals surface area contributed by atoms with E-state index in [1.165, 1.54) is 38.3 Å². The van der Waals surface area contributed by atoms with Crippen LogP contribution in [0, 0.1) is 11.3 Å². The fourth-order valence-electron chi connectivity index (χ4n) is 3.84. The maximum Gasteiger partial charge on any atom is 0.417 e. The number of methoxy groups -OCH3 is 2. The number of benzene rings is 2. The standard InChI is InChI=1S/C23H23F3N4O4/c1-28-21(31)19-13-29(15-5-4-14(12-27)18(10-15)23(24,25)26)8-9-30(19)22(32)17-7-6-16(33-2)11-20(17)34-3/h4-7,10-11,19H,8-9,13H2,1-3H3,(H,28,31). The molecule has 1 aliphatic rings. The number of piperazine rings is 1. The Hall–Kier alpha value is -3.94. The number of anilines is 1. The van der Waals surface area contributed by atoms with Crippen LogP contribution in [-0.4, -0.2) is 63.7 Å². The molecule has 0 saturated carbocycles. The average molecular weight is 476 g/mol. The first-order chi connectivity index (χ1) is 16.1. The number of amides is 2. The molecule has 0 radical (unpaired) electrons. The minimum Gasteiger partial charge on any atom is -0.497 e. The van der Waals surface area contributed by atoms with E-state index in [2.05, 4.69) is 5.32 Å². The number of carbonyl (C=O) groups is 2. The number of nitrogens with one attached hydrogen (secondary N) is 1. The number of halogens is 3. The molecular weight excluding hydrogens is 453 g/mol. The predicted molar refractivity (Wildman–Crippen MR) is 117 cm³/mol. The van der Waals surface area contributed by atoms with E-state index in [1.54, 1.807) is 23.1 Å². The first kappa shape index (κ1) is 24.7. The Bertz CT molecular complexity index is 1130. The summed E-state index contributed by atoms with van der Waals surface area (Å²) in [6.07, 6.45) is -4.70. The van der Waals surface area contributed by atoms with Gasteiger partial charge >= 0.3 is 6.18 Å². The molecule has 11 heteroatoms. The number of rotatable bonds is 5. The van der Waals surface area contributed by atoms with Gasteiger partial charge in [-0.05, 0) is 30.3 Å². The van der Waals surface area contributed by atoms with Gasteiger partial charge < -0.3 is 24.6 Å². The summed E-state index contributed by atoms with van der Waals surface area (Å²) in [6.45, 7) is 0.224. The topological polar surface area (TPSA) is 94.9 Å². The Morgan fingerprint density at radius 2 is 1.85 bits per heavy atom. The zero-order valence-electron chi connectivity index (χ0n) is 18.8. The van der Waals surface area contributed by atoms with Gasteiger partial charge in [-0.25, -0.2) is 0 Å². The fraction of sp³-hybridized carbons (Fsp3) is 0.348. The number of alkyl halides is 3. The van der Waals surface area contributed by atoms with Gasteiger partial charge in [-0.2, -0.15) is 18.4 Å². The number of hydrogen-bond donors (Lipinski definition) is 1. The molecule has 180 valence electrons. The zero-order valence-corrected chi connectivity index (χ0v) is 18.8. The highest BCUT2D eigenvalue weighted by molar-refractivity contribution is 6.00. The monoisotopic (exact) mass is 476 g/mol. The van der Waals surface area contributed by atoms with Crippen LogP contribution in [0.15, 0.2) is 36.4 Å². The van der Waals surface area contributed by atoms with Crippen LogP contribution in [0.3, 0.4) is 0 Å². The Kier molecular flexibility index (Phi) is 7.20. The summed E-state index contributed by atoms with van der Waals surface area (Å²) in [5.74, 6) is -0.162. The lowest BCUT2D eigenvalue weighted by atomic mass is 10.0. The molecule has 3 rings (SSSR count). The molecule has 2 aromatic carbocycles. The molecule has 0 aliphatic carbocycles. The Morgan fingerprint density at radius 3 is 2.44 bits per heavy atom. The van der Waals surface area contributed by atoms with E-state index in [0.29, 0.717) is 5.75 Å². The van der Waals surface area contributed by atoms with Gasteiger partial charge in [0.1, 0.15) is 17.5 Å². The van der Waals surface area contributed by atoms with Crippen LogP contribution in [0.5, 0.6) is 11.5 Å². The van der Waals surface area contributed by atoms with E-state index in [9.17, 15) is 22.8 Å². The molecular formula is C23H23F3N4O4. The largest absolute Gasteiger partial charge is 0.497 e. The van der Waals surface area contributed by atoms with Crippen molar-refractivity contribution in [1.29, 1.82) is 5.26 Å². The van der Waals surface area contributed by atoms with E-state index in [1.807, 2.05) is 0 Å². The molecule has 8 nitrogen and oxygen atoms in total. The first-order valence-electron chi connectivity index (χ1n) is 10.3. The van der Waals surface area contributed by atoms with Gasteiger partial charge in [-0.3, -0.25) is 9.59 Å². The van der Waals surface area contributed by atoms with E-state index < -0.39 is 35.2 Å². The van der Waals surface area contributed by atoms with Crippen molar-refractivity contribution in [2.75, 3.05) is 45.8 Å². The zero-order chi connectivity index (χ0) is 25.0. The van der Waals surface area contributed by atoms with Crippen molar-refractivity contribution in [3.8, 4) is 17.6 Å². The lowest BCUT2D eigenvalue weighted by Crippen LogP contribution is -2.60. The van der Waals surface area contributed by atoms with Crippen LogP contribution in [0.25, 0.3) is 0 Å². The summed E-state index contributed by atoms with van der Waals surface area (Å²) in [5.41, 5.74) is -1.11. The third-order valence-corrected chi connectivity index (χ3v) is 5.62. The quantitative estimate of drug-likeness (QED) is 0.713. The number of hydrogen-bond acceptors (Lipinski definition) is 6. The molecule has 1 unspecified atom stereocenters. The molecule has 0 bridgehead atoms. The van der Waals surface area contributed by atoms with Gasteiger partial charge in [0.25, 0.3) is 5.91 Å². The van der Waals surface area contributed by atoms with Gasteiger partial charge in [-0.15, -0.1) is 0 Å². The second-order valence-corrected chi connectivity index (χ2v) is 7.48. The number of carbonyl (C=O) groups excluding carboxylic acids is 2. The number of nitrogens with zero attached hydrogens (tertiary/aromatic N) is 3. The summed E-state index contributed by atoms with van der Waals surface area (Å²) >= 11 is 0. The molecule has 1 atom stereocenters. The molecule has 1 fully saturated rings. The van der Waals surface area contributed by atoms with Crippen molar-refractivity contribution in [1.82, 2.24) is 10.2 Å². The highest BCUT2D eigenvalue weighted by atomic mass is 19.4. The van der Waals surface area contributed by atoms with Gasteiger partial charge in [-0.1, -0.05) is 0 Å². The van der Waals surface area contributed by atoms with E-state index in [4.69, 9.17) is 14.7 Å². The second-order valence-electron chi connectivity index (χ2n) is 7.48. The molecule has 34 heavy (non-hydrogen) atoms. The van der Waals surface area contributed by atoms with Crippen molar-refractivity contribution < 1.29 is 32.2 Å². The van der Waals surface area contributed by atoms with Gasteiger partial charge in [0.05, 0.1) is 37.0 Å². The molecule has 0 aromatic heterocycles. The van der Waals surface area contributed by atoms with Gasteiger partial charge in [0, 0.05) is 38.4 Å². The third kappa shape index (κ3) is 4.85. The van der Waals surface area contributed by atoms with Crippen LogP contribution in [0.4, 0.5) is 18.9 Å². The Labute approximate surface area is 194 Å². The summed E-state index contributed by atoms with van der Waals surface area (Å²) < 4.78 is 50.7. The fourth-order valence-corrected chi connectivity index (χ4v) is 3.84. The van der Waals surface area contributed by atoms with Crippen molar-refractivity contribution >= 4 is 17.5 Å². The third-order valence-electron chi connectivity index (χ3n) is 5.62. The van der Waals surface area contributed by atoms with Crippen LogP contribution in [-0.2, 0) is 11.0 Å². The summed E-state index contributed by atoms with van der Waals surface area (Å²) in [5, 5.41) is 11.5. The van der Waals surface area contributed by atoms with Gasteiger partial charge in [0.15, 0.2) is 0 Å². The summed E-state index contributed by atoms with van der Waals surface area (Å²) in [7, 11) is 4.30. The highest BCUT2D eigenvalue weighted by Gasteiger charge is 2.38. The molecule has 0 spiro atoms. The van der Waals surface area contributed by atoms with Gasteiger partial charge in [0.2, 0.25) is 5.91 Å². The Balaban J connectivity index is 1.93. The normalized spacial score (nSPS) is 16.0. The molecule has 1 N–H and O–H groups in total. The second kappa shape index (κ2) is 9.91. The summed E-state index contributed by atoms with van der Waals surface area (Å²) in [4.78, 5) is 29.0. The van der Waals surface area contributed by atoms with Crippen LogP contribution >= 0.6 is 0 Å². The van der Waals surface area contributed by atoms with Crippen molar-refractivity contribution in [2.45, 2.75) is 12.2 Å². The maximum atomic E-state index is 13.4. The van der Waals surface area contributed by atoms with Crippen molar-refractivity contribution in [2.24, 2.45) is 0 Å². The number of ether oxygens (including phenoxy) is 2. The van der Waals surface area contributed by atoms with E-state index in [0.717, 1.165) is 12.1 Å². The smallest absolute Gasteiger partial charge is 0.417 e. The molecule has 1 heterocycles. The van der Waals surface area contributed by atoms with E-state index in [-0.39, 0.29) is 36.6 Å². The lowest BCUT2D eigenvalue weighted by Gasteiger charge is -2.41. The van der Waals surface area contributed by atoms with Crippen LogP contribution < -0.4 is 19.7 Å². The average Bonchev–Trinajstić information content (AvgIpc) is 2.86. The highest BCUT2D eigenvalue weighted by Crippen LogP contribution is 2.35. The first-order valence-corrected chi connectivity index (χ1v) is 10.3. The minimum absolute atomic E-state index is 0.0346. The lowest BCUT2D eigenvalue weighted by molar-refractivity contribution is -0.137. The molecule has 1 saturated heterocycles.